The maximum Gasteiger partial charge on any atom is 0.252 e. The minimum absolute atomic E-state index is 0.0471. The van der Waals surface area contributed by atoms with E-state index in [1.54, 1.807) is 35.6 Å². The Bertz CT molecular complexity index is 851. The second-order valence-corrected chi connectivity index (χ2v) is 9.27. The molecule has 4 nitrogen and oxygen atoms in total. The molecule has 1 aliphatic carbocycles. The highest BCUT2D eigenvalue weighted by Gasteiger charge is 2.21. The molecule has 1 aromatic carbocycles. The highest BCUT2D eigenvalue weighted by atomic mass is 32.2. The second-order valence-electron chi connectivity index (χ2n) is 6.29. The third kappa shape index (κ3) is 3.54. The summed E-state index contributed by atoms with van der Waals surface area (Å²) in [5.74, 6) is -0.0471. The minimum atomic E-state index is -3.20. The number of aryl methyl sites for hydroxylation is 1. The van der Waals surface area contributed by atoms with Gasteiger partial charge >= 0.3 is 0 Å². The summed E-state index contributed by atoms with van der Waals surface area (Å²) >= 11 is 1.68. The molecule has 1 atom stereocenters. The zero-order chi connectivity index (χ0) is 17.3. The van der Waals surface area contributed by atoms with Crippen LogP contribution >= 0.6 is 11.3 Å². The van der Waals surface area contributed by atoms with Gasteiger partial charge in [0.15, 0.2) is 9.84 Å². The summed E-state index contributed by atoms with van der Waals surface area (Å²) < 4.78 is 23.0. The van der Waals surface area contributed by atoms with Gasteiger partial charge in [-0.2, -0.15) is 0 Å². The largest absolute Gasteiger partial charge is 0.345 e. The van der Waals surface area contributed by atoms with Crippen molar-refractivity contribution in [2.75, 3.05) is 6.26 Å². The molecule has 0 aliphatic heterocycles. The van der Waals surface area contributed by atoms with Crippen LogP contribution in [-0.4, -0.2) is 20.6 Å². The quantitative estimate of drug-likeness (QED) is 0.904. The summed E-state index contributed by atoms with van der Waals surface area (Å²) in [6, 6.07) is 6.50. The lowest BCUT2D eigenvalue weighted by atomic mass is 9.95. The van der Waals surface area contributed by atoms with E-state index >= 15 is 0 Å². The third-order valence-electron chi connectivity index (χ3n) is 4.46. The molecule has 128 valence electrons. The smallest absolute Gasteiger partial charge is 0.252 e. The topological polar surface area (TPSA) is 63.2 Å². The Kier molecular flexibility index (Phi) is 4.78. The maximum atomic E-state index is 12.6. The van der Waals surface area contributed by atoms with Crippen LogP contribution in [0.2, 0.25) is 0 Å². The first-order valence-corrected chi connectivity index (χ1v) is 10.8. The first-order valence-electron chi connectivity index (χ1n) is 8.06. The molecular weight excluding hydrogens is 342 g/mol. The van der Waals surface area contributed by atoms with E-state index in [1.807, 2.05) is 12.3 Å². The van der Waals surface area contributed by atoms with E-state index in [9.17, 15) is 13.2 Å². The highest BCUT2D eigenvalue weighted by Crippen LogP contribution is 2.30. The summed E-state index contributed by atoms with van der Waals surface area (Å²) in [6.45, 7) is 1.91. The molecule has 0 spiro atoms. The van der Waals surface area contributed by atoms with Gasteiger partial charge in [0.2, 0.25) is 0 Å². The van der Waals surface area contributed by atoms with Crippen LogP contribution in [0.25, 0.3) is 0 Å². The Hall–Kier alpha value is -1.66. The SMILES string of the molecule is C[C@@H](NC(=O)c1csc2c1CCCC2)c1ccc(S(C)(=O)=O)cc1. The maximum absolute atomic E-state index is 12.6. The zero-order valence-corrected chi connectivity index (χ0v) is 15.5. The van der Waals surface area contributed by atoms with Gasteiger partial charge in [-0.05, 0) is 55.9 Å². The van der Waals surface area contributed by atoms with Gasteiger partial charge in [0.1, 0.15) is 0 Å². The molecule has 0 fully saturated rings. The van der Waals surface area contributed by atoms with Crippen molar-refractivity contribution < 1.29 is 13.2 Å². The lowest BCUT2D eigenvalue weighted by Crippen LogP contribution is -2.27. The number of amides is 1. The minimum Gasteiger partial charge on any atom is -0.345 e. The van der Waals surface area contributed by atoms with Crippen molar-refractivity contribution in [3.05, 3.63) is 51.2 Å². The zero-order valence-electron chi connectivity index (χ0n) is 13.8. The molecule has 24 heavy (non-hydrogen) atoms. The molecule has 1 aromatic heterocycles. The molecule has 1 heterocycles. The van der Waals surface area contributed by atoms with Gasteiger partial charge < -0.3 is 5.32 Å². The van der Waals surface area contributed by atoms with Gasteiger partial charge in [-0.3, -0.25) is 4.79 Å². The lowest BCUT2D eigenvalue weighted by molar-refractivity contribution is 0.0939. The summed E-state index contributed by atoms with van der Waals surface area (Å²) in [4.78, 5) is 14.2. The number of thiophene rings is 1. The van der Waals surface area contributed by atoms with Crippen LogP contribution in [0.5, 0.6) is 0 Å². The average molecular weight is 364 g/mol. The molecule has 3 rings (SSSR count). The first-order chi connectivity index (χ1) is 11.4. The molecule has 2 aromatic rings. The fourth-order valence-electron chi connectivity index (χ4n) is 3.05. The summed E-state index contributed by atoms with van der Waals surface area (Å²) in [7, 11) is -3.20. The van der Waals surface area contributed by atoms with E-state index in [4.69, 9.17) is 0 Å². The van der Waals surface area contributed by atoms with Crippen LogP contribution < -0.4 is 5.32 Å². The number of carbonyl (C=O) groups is 1. The molecule has 6 heteroatoms. The van der Waals surface area contributed by atoms with Crippen LogP contribution in [0, 0.1) is 0 Å². The number of nitrogens with one attached hydrogen (secondary N) is 1. The molecule has 0 bridgehead atoms. The first kappa shape index (κ1) is 17.2. The van der Waals surface area contributed by atoms with Crippen molar-refractivity contribution in [2.45, 2.75) is 43.5 Å². The molecule has 0 unspecified atom stereocenters. The Morgan fingerprint density at radius 3 is 2.50 bits per heavy atom. The van der Waals surface area contributed by atoms with Gasteiger partial charge in [0.25, 0.3) is 5.91 Å². The highest BCUT2D eigenvalue weighted by molar-refractivity contribution is 7.90. The molecule has 1 aliphatic rings. The van der Waals surface area contributed by atoms with Gasteiger partial charge in [-0.1, -0.05) is 12.1 Å². The Morgan fingerprint density at radius 2 is 1.83 bits per heavy atom. The molecule has 0 radical (unpaired) electrons. The van der Waals surface area contributed by atoms with Crippen molar-refractivity contribution in [3.63, 3.8) is 0 Å². The van der Waals surface area contributed by atoms with Crippen molar-refractivity contribution in [1.29, 1.82) is 0 Å². The van der Waals surface area contributed by atoms with Crippen LogP contribution in [0.4, 0.5) is 0 Å². The number of carbonyl (C=O) groups excluding carboxylic acids is 1. The lowest BCUT2D eigenvalue weighted by Gasteiger charge is -2.16. The van der Waals surface area contributed by atoms with Crippen molar-refractivity contribution in [3.8, 4) is 0 Å². The fraction of sp³-hybridized carbons (Fsp3) is 0.389. The Labute approximate surface area is 146 Å². The van der Waals surface area contributed by atoms with Crippen LogP contribution in [0.3, 0.4) is 0 Å². The van der Waals surface area contributed by atoms with E-state index in [0.29, 0.717) is 0 Å². The van der Waals surface area contributed by atoms with Gasteiger partial charge in [-0.15, -0.1) is 11.3 Å². The Morgan fingerprint density at radius 1 is 1.17 bits per heavy atom. The Balaban J connectivity index is 1.73. The number of fused-ring (bicyclic) bond motifs is 1. The van der Waals surface area contributed by atoms with E-state index in [0.717, 1.165) is 30.4 Å². The summed E-state index contributed by atoms with van der Waals surface area (Å²) in [6.07, 6.45) is 5.60. The molecular formula is C18H21NO3S2. The standard InChI is InChI=1S/C18H21NO3S2/c1-12(13-7-9-14(10-8-13)24(2,21)22)19-18(20)16-11-23-17-6-4-3-5-15(16)17/h7-12H,3-6H2,1-2H3,(H,19,20)/t12-/m1/s1. The number of rotatable bonds is 4. The molecule has 0 saturated carbocycles. The third-order valence-corrected chi connectivity index (χ3v) is 6.68. The van der Waals surface area contributed by atoms with Gasteiger partial charge in [0.05, 0.1) is 16.5 Å². The van der Waals surface area contributed by atoms with Gasteiger partial charge in [0, 0.05) is 16.5 Å². The molecule has 1 N–H and O–H groups in total. The van der Waals surface area contributed by atoms with Gasteiger partial charge in [-0.25, -0.2) is 8.42 Å². The van der Waals surface area contributed by atoms with E-state index < -0.39 is 9.84 Å². The summed E-state index contributed by atoms with van der Waals surface area (Å²) in [5.41, 5.74) is 2.90. The van der Waals surface area contributed by atoms with Crippen LogP contribution in [0.1, 0.15) is 52.2 Å². The monoisotopic (exact) mass is 363 g/mol. The van der Waals surface area contributed by atoms with Crippen molar-refractivity contribution in [1.82, 2.24) is 5.32 Å². The van der Waals surface area contributed by atoms with Crippen LogP contribution in [0.15, 0.2) is 34.5 Å². The predicted octanol–water partition coefficient (Wildman–Crippen LogP) is 3.52. The van der Waals surface area contributed by atoms with Crippen molar-refractivity contribution >= 4 is 27.1 Å². The molecule has 1 amide bonds. The van der Waals surface area contributed by atoms with E-state index in [-0.39, 0.29) is 16.8 Å². The van der Waals surface area contributed by atoms with Crippen LogP contribution in [-0.2, 0) is 22.7 Å². The van der Waals surface area contributed by atoms with E-state index in [2.05, 4.69) is 5.32 Å². The normalized spacial score (nSPS) is 15.6. The molecule has 0 saturated heterocycles. The number of benzene rings is 1. The second kappa shape index (κ2) is 6.69. The number of sulfone groups is 1. The number of hydrogen-bond acceptors (Lipinski definition) is 4. The average Bonchev–Trinajstić information content (AvgIpc) is 2.98. The predicted molar refractivity (Wildman–Crippen MR) is 96.4 cm³/mol. The van der Waals surface area contributed by atoms with E-state index in [1.165, 1.54) is 23.1 Å². The summed E-state index contributed by atoms with van der Waals surface area (Å²) in [5, 5.41) is 4.99. The fourth-order valence-corrected chi connectivity index (χ4v) is 4.80. The number of hydrogen-bond donors (Lipinski definition) is 1. The van der Waals surface area contributed by atoms with Crippen molar-refractivity contribution in [2.24, 2.45) is 0 Å².